The summed E-state index contributed by atoms with van der Waals surface area (Å²) < 4.78 is 24.0. The van der Waals surface area contributed by atoms with Gasteiger partial charge in [-0.15, -0.1) is 0 Å². The topological polar surface area (TPSA) is 35.5 Å². The first kappa shape index (κ1) is 12.5. The lowest BCUT2D eigenvalue weighted by Gasteiger charge is -2.20. The standard InChI is InChI=1S/C12H15FO3/c1-4-16-11(14)12(2,13)9-7-5-6-8-10(9)15-3/h5-8H,4H2,1-3H3. The van der Waals surface area contributed by atoms with Crippen molar-refractivity contribution < 1.29 is 18.7 Å². The highest BCUT2D eigenvalue weighted by Crippen LogP contribution is 2.33. The number of esters is 1. The molecule has 0 saturated heterocycles. The Kier molecular flexibility index (Phi) is 3.88. The number of alkyl halides is 1. The molecule has 1 aromatic rings. The molecule has 16 heavy (non-hydrogen) atoms. The van der Waals surface area contributed by atoms with Crippen molar-refractivity contribution in [2.75, 3.05) is 13.7 Å². The summed E-state index contributed by atoms with van der Waals surface area (Å²) in [4.78, 5) is 11.5. The highest BCUT2D eigenvalue weighted by molar-refractivity contribution is 5.81. The Bertz CT molecular complexity index is 374. The van der Waals surface area contributed by atoms with Gasteiger partial charge in [0.2, 0.25) is 5.67 Å². The molecule has 0 spiro atoms. The van der Waals surface area contributed by atoms with Gasteiger partial charge >= 0.3 is 5.97 Å². The van der Waals surface area contributed by atoms with Crippen LogP contribution in [0.5, 0.6) is 5.75 Å². The van der Waals surface area contributed by atoms with Crippen molar-refractivity contribution in [3.63, 3.8) is 0 Å². The first-order valence-corrected chi connectivity index (χ1v) is 5.03. The molecule has 0 aliphatic carbocycles. The van der Waals surface area contributed by atoms with E-state index in [-0.39, 0.29) is 12.2 Å². The van der Waals surface area contributed by atoms with Gasteiger partial charge in [-0.3, -0.25) is 0 Å². The second kappa shape index (κ2) is 4.96. The number of para-hydroxylation sites is 1. The third-order valence-electron chi connectivity index (χ3n) is 2.27. The van der Waals surface area contributed by atoms with Gasteiger partial charge in [-0.25, -0.2) is 9.18 Å². The summed E-state index contributed by atoms with van der Waals surface area (Å²) in [6, 6.07) is 6.47. The van der Waals surface area contributed by atoms with Crippen molar-refractivity contribution in [2.24, 2.45) is 0 Å². The van der Waals surface area contributed by atoms with Gasteiger partial charge in [0.05, 0.1) is 13.7 Å². The zero-order valence-electron chi connectivity index (χ0n) is 9.62. The fourth-order valence-electron chi connectivity index (χ4n) is 1.41. The molecule has 0 N–H and O–H groups in total. The fourth-order valence-corrected chi connectivity index (χ4v) is 1.41. The van der Waals surface area contributed by atoms with Crippen molar-refractivity contribution in [2.45, 2.75) is 19.5 Å². The van der Waals surface area contributed by atoms with Crippen LogP contribution >= 0.6 is 0 Å². The number of rotatable bonds is 4. The molecule has 0 heterocycles. The third-order valence-corrected chi connectivity index (χ3v) is 2.27. The molecule has 1 rings (SSSR count). The van der Waals surface area contributed by atoms with Crippen LogP contribution < -0.4 is 4.74 Å². The van der Waals surface area contributed by atoms with Crippen LogP contribution in [0, 0.1) is 0 Å². The average Bonchev–Trinajstić information content (AvgIpc) is 2.29. The Hall–Kier alpha value is -1.58. The van der Waals surface area contributed by atoms with E-state index in [0.717, 1.165) is 0 Å². The Labute approximate surface area is 94.2 Å². The average molecular weight is 226 g/mol. The molecule has 0 aliphatic rings. The van der Waals surface area contributed by atoms with Crippen molar-refractivity contribution in [1.29, 1.82) is 0 Å². The summed E-state index contributed by atoms with van der Waals surface area (Å²) in [5.41, 5.74) is -2.02. The maximum Gasteiger partial charge on any atom is 0.348 e. The van der Waals surface area contributed by atoms with Crippen LogP contribution in [0.15, 0.2) is 24.3 Å². The van der Waals surface area contributed by atoms with Crippen LogP contribution in [0.1, 0.15) is 19.4 Å². The molecule has 4 heteroatoms. The van der Waals surface area contributed by atoms with Crippen LogP contribution in [0.25, 0.3) is 0 Å². The number of hydrogen-bond acceptors (Lipinski definition) is 3. The van der Waals surface area contributed by atoms with Crippen molar-refractivity contribution in [1.82, 2.24) is 0 Å². The van der Waals surface area contributed by atoms with E-state index in [1.54, 1.807) is 25.1 Å². The number of hydrogen-bond donors (Lipinski definition) is 0. The predicted octanol–water partition coefficient (Wildman–Crippen LogP) is 2.44. The van der Waals surface area contributed by atoms with E-state index in [1.807, 2.05) is 0 Å². The number of ether oxygens (including phenoxy) is 2. The molecule has 0 aromatic heterocycles. The minimum atomic E-state index is -2.19. The van der Waals surface area contributed by atoms with E-state index in [9.17, 15) is 9.18 Å². The lowest BCUT2D eigenvalue weighted by molar-refractivity contribution is -0.157. The van der Waals surface area contributed by atoms with Crippen molar-refractivity contribution >= 4 is 5.97 Å². The minimum absolute atomic E-state index is 0.146. The molecule has 1 unspecified atom stereocenters. The maximum absolute atomic E-state index is 14.3. The molecule has 0 bridgehead atoms. The summed E-state index contributed by atoms with van der Waals surface area (Å²) in [6.07, 6.45) is 0. The Balaban J connectivity index is 3.10. The summed E-state index contributed by atoms with van der Waals surface area (Å²) in [5.74, 6) is -0.569. The number of carbonyl (C=O) groups excluding carboxylic acids is 1. The summed E-state index contributed by atoms with van der Waals surface area (Å²) >= 11 is 0. The molecule has 0 fully saturated rings. The van der Waals surface area contributed by atoms with Gasteiger partial charge in [0, 0.05) is 5.56 Å². The first-order valence-electron chi connectivity index (χ1n) is 5.03. The van der Waals surface area contributed by atoms with E-state index in [4.69, 9.17) is 9.47 Å². The van der Waals surface area contributed by atoms with Gasteiger partial charge in [0.15, 0.2) is 0 Å². The first-order chi connectivity index (χ1) is 7.54. The van der Waals surface area contributed by atoms with E-state index in [0.29, 0.717) is 5.75 Å². The molecule has 1 aromatic carbocycles. The van der Waals surface area contributed by atoms with Crippen LogP contribution in [0.4, 0.5) is 4.39 Å². The van der Waals surface area contributed by atoms with Crippen molar-refractivity contribution in [3.05, 3.63) is 29.8 Å². The third kappa shape index (κ3) is 2.32. The summed E-state index contributed by atoms with van der Waals surface area (Å²) in [5, 5.41) is 0. The van der Waals surface area contributed by atoms with Crippen LogP contribution in [0.2, 0.25) is 0 Å². The van der Waals surface area contributed by atoms with E-state index in [1.165, 1.54) is 20.1 Å². The highest BCUT2D eigenvalue weighted by atomic mass is 19.1. The van der Waals surface area contributed by atoms with Crippen LogP contribution in [-0.2, 0) is 15.2 Å². The van der Waals surface area contributed by atoms with Crippen molar-refractivity contribution in [3.8, 4) is 5.75 Å². The largest absolute Gasteiger partial charge is 0.496 e. The molecule has 88 valence electrons. The molecule has 3 nitrogen and oxygen atoms in total. The lowest BCUT2D eigenvalue weighted by atomic mass is 9.97. The fraction of sp³-hybridized carbons (Fsp3) is 0.417. The Morgan fingerprint density at radius 3 is 2.62 bits per heavy atom. The van der Waals surface area contributed by atoms with Gasteiger partial charge in [-0.2, -0.15) is 0 Å². The van der Waals surface area contributed by atoms with Gasteiger partial charge in [0.25, 0.3) is 0 Å². The second-order valence-electron chi connectivity index (χ2n) is 3.42. The number of methoxy groups -OCH3 is 1. The number of carbonyl (C=O) groups is 1. The van der Waals surface area contributed by atoms with Crippen LogP contribution in [0.3, 0.4) is 0 Å². The van der Waals surface area contributed by atoms with Gasteiger partial charge in [0.1, 0.15) is 5.75 Å². The minimum Gasteiger partial charge on any atom is -0.496 e. The molecule has 1 atom stereocenters. The molecule has 0 aliphatic heterocycles. The quantitative estimate of drug-likeness (QED) is 0.740. The normalized spacial score (nSPS) is 14.0. The van der Waals surface area contributed by atoms with E-state index < -0.39 is 11.6 Å². The SMILES string of the molecule is CCOC(=O)C(C)(F)c1ccccc1OC. The Morgan fingerprint density at radius 2 is 2.06 bits per heavy atom. The zero-order valence-corrected chi connectivity index (χ0v) is 9.62. The van der Waals surface area contributed by atoms with Gasteiger partial charge in [-0.05, 0) is 19.9 Å². The Morgan fingerprint density at radius 1 is 1.44 bits per heavy atom. The maximum atomic E-state index is 14.3. The van der Waals surface area contributed by atoms with Gasteiger partial charge < -0.3 is 9.47 Å². The lowest BCUT2D eigenvalue weighted by Crippen LogP contribution is -2.30. The summed E-state index contributed by atoms with van der Waals surface area (Å²) in [6.45, 7) is 2.95. The number of benzene rings is 1. The molecule has 0 amide bonds. The molecular weight excluding hydrogens is 211 g/mol. The van der Waals surface area contributed by atoms with Crippen LogP contribution in [-0.4, -0.2) is 19.7 Å². The second-order valence-corrected chi connectivity index (χ2v) is 3.42. The zero-order chi connectivity index (χ0) is 12.2. The van der Waals surface area contributed by atoms with E-state index in [2.05, 4.69) is 0 Å². The molecular formula is C12H15FO3. The summed E-state index contributed by atoms with van der Waals surface area (Å²) in [7, 11) is 1.43. The highest BCUT2D eigenvalue weighted by Gasteiger charge is 2.39. The predicted molar refractivity (Wildman–Crippen MR) is 58.1 cm³/mol. The molecule has 0 radical (unpaired) electrons. The monoisotopic (exact) mass is 226 g/mol. The van der Waals surface area contributed by atoms with Gasteiger partial charge in [-0.1, -0.05) is 18.2 Å². The molecule has 0 saturated carbocycles. The smallest absolute Gasteiger partial charge is 0.348 e. The number of halogens is 1. The van der Waals surface area contributed by atoms with E-state index >= 15 is 0 Å².